The van der Waals surface area contributed by atoms with Crippen LogP contribution in [-0.2, 0) is 19.1 Å². The van der Waals surface area contributed by atoms with Gasteiger partial charge in [0.15, 0.2) is 0 Å². The van der Waals surface area contributed by atoms with Gasteiger partial charge >= 0.3 is 11.9 Å². The Morgan fingerprint density at radius 2 is 0.961 bits per heavy atom. The van der Waals surface area contributed by atoms with Crippen molar-refractivity contribution in [1.82, 2.24) is 0 Å². The number of carbonyl (C=O) groups is 2. The molecular weight excluding hydrogens is 636 g/mol. The molecule has 0 rings (SSSR count). The van der Waals surface area contributed by atoms with Crippen LogP contribution < -0.4 is 0 Å². The van der Waals surface area contributed by atoms with Crippen LogP contribution in [0.2, 0.25) is 0 Å². The summed E-state index contributed by atoms with van der Waals surface area (Å²) in [6, 6.07) is 0. The minimum absolute atomic E-state index is 0.150. The lowest BCUT2D eigenvalue weighted by Gasteiger charge is -2.12. The average Bonchev–Trinajstić information content (AvgIpc) is 3.12. The smallest absolute Gasteiger partial charge is 0.306 e. The van der Waals surface area contributed by atoms with Crippen molar-refractivity contribution in [2.24, 2.45) is 0 Å². The third-order valence-corrected chi connectivity index (χ3v) is 8.55. The predicted octanol–water partition coefficient (Wildman–Crippen LogP) is 11.9. The van der Waals surface area contributed by atoms with Crippen LogP contribution >= 0.6 is 0 Å². The number of aliphatic hydroxyl groups excluding tert-OH is 2. The molecule has 0 fully saturated rings. The van der Waals surface area contributed by atoms with E-state index < -0.39 is 12.2 Å². The molecule has 0 aromatic heterocycles. The first-order chi connectivity index (χ1) is 25.0. The van der Waals surface area contributed by atoms with Gasteiger partial charge < -0.3 is 19.7 Å². The molecule has 0 aliphatic carbocycles. The zero-order valence-corrected chi connectivity index (χ0v) is 32.7. The number of unbranched alkanes of at least 4 members (excludes halogenated alkanes) is 16. The van der Waals surface area contributed by atoms with Crippen molar-refractivity contribution in [1.29, 1.82) is 0 Å². The van der Waals surface area contributed by atoms with E-state index in [4.69, 9.17) is 9.47 Å². The zero-order valence-electron chi connectivity index (χ0n) is 32.7. The maximum absolute atomic E-state index is 12.0. The van der Waals surface area contributed by atoms with Gasteiger partial charge in [-0.2, -0.15) is 0 Å². The molecule has 0 heterocycles. The molecule has 0 aromatic rings. The minimum atomic E-state index is -1.01. The first-order valence-electron chi connectivity index (χ1n) is 20.6. The Kier molecular flexibility index (Phi) is 38.0. The van der Waals surface area contributed by atoms with E-state index in [9.17, 15) is 19.8 Å². The lowest BCUT2D eigenvalue weighted by atomic mass is 10.0. The summed E-state index contributed by atoms with van der Waals surface area (Å²) in [5.41, 5.74) is 0. The SMILES string of the molecule is CC/C=C\CC(O)/C=C/C=C/C/C=C\C/C=C\C/C=C\CCC(=O)OC[C@H](O)COC(=O)CCCCCCCCCCCCCCCCCCC. The Bertz CT molecular complexity index is 960. The van der Waals surface area contributed by atoms with Gasteiger partial charge in [0.05, 0.1) is 6.10 Å². The molecule has 0 spiro atoms. The molecule has 0 amide bonds. The van der Waals surface area contributed by atoms with E-state index in [-0.39, 0.29) is 31.6 Å². The Balaban J connectivity index is 3.60. The number of esters is 2. The van der Waals surface area contributed by atoms with Gasteiger partial charge in [0.1, 0.15) is 19.3 Å². The topological polar surface area (TPSA) is 93.1 Å². The van der Waals surface area contributed by atoms with Gasteiger partial charge in [0.25, 0.3) is 0 Å². The van der Waals surface area contributed by atoms with Crippen molar-refractivity contribution in [2.45, 2.75) is 187 Å². The van der Waals surface area contributed by atoms with E-state index in [1.165, 1.54) is 89.9 Å². The summed E-state index contributed by atoms with van der Waals surface area (Å²) in [4.78, 5) is 23.9. The quantitative estimate of drug-likeness (QED) is 0.0291. The lowest BCUT2D eigenvalue weighted by Crippen LogP contribution is -2.25. The summed E-state index contributed by atoms with van der Waals surface area (Å²) in [6.45, 7) is 4.03. The van der Waals surface area contributed by atoms with Crippen LogP contribution in [0.5, 0.6) is 0 Å². The number of carbonyl (C=O) groups excluding carboxylic acids is 2. The fourth-order valence-corrected chi connectivity index (χ4v) is 5.43. The van der Waals surface area contributed by atoms with Gasteiger partial charge in [-0.15, -0.1) is 0 Å². The van der Waals surface area contributed by atoms with Crippen LogP contribution in [0.4, 0.5) is 0 Å². The van der Waals surface area contributed by atoms with E-state index >= 15 is 0 Å². The summed E-state index contributed by atoms with van der Waals surface area (Å²) >= 11 is 0. The highest BCUT2D eigenvalue weighted by Crippen LogP contribution is 2.14. The average molecular weight is 713 g/mol. The van der Waals surface area contributed by atoms with Crippen molar-refractivity contribution < 1.29 is 29.3 Å². The predicted molar refractivity (Wildman–Crippen MR) is 216 cm³/mol. The number of hydrogen-bond acceptors (Lipinski definition) is 6. The van der Waals surface area contributed by atoms with Crippen molar-refractivity contribution in [3.05, 3.63) is 72.9 Å². The molecule has 0 aliphatic heterocycles. The normalized spacial score (nSPS) is 13.6. The maximum atomic E-state index is 12.0. The number of allylic oxidation sites excluding steroid dienone is 10. The molecule has 0 radical (unpaired) electrons. The molecule has 6 nitrogen and oxygen atoms in total. The zero-order chi connectivity index (χ0) is 37.3. The Hall–Kier alpha value is -2.70. The second-order valence-corrected chi connectivity index (χ2v) is 13.6. The van der Waals surface area contributed by atoms with Gasteiger partial charge in [-0.05, 0) is 44.9 Å². The summed E-state index contributed by atoms with van der Waals surface area (Å²) in [5.74, 6) is -0.681. The lowest BCUT2D eigenvalue weighted by molar-refractivity contribution is -0.152. The first-order valence-corrected chi connectivity index (χ1v) is 20.6. The van der Waals surface area contributed by atoms with Crippen molar-refractivity contribution in [3.8, 4) is 0 Å². The Labute approximate surface area is 313 Å². The van der Waals surface area contributed by atoms with E-state index in [0.29, 0.717) is 19.3 Å². The van der Waals surface area contributed by atoms with Crippen LogP contribution in [0.1, 0.15) is 174 Å². The molecule has 1 unspecified atom stereocenters. The summed E-state index contributed by atoms with van der Waals surface area (Å²) in [7, 11) is 0. The van der Waals surface area contributed by atoms with Crippen LogP contribution in [0, 0.1) is 0 Å². The second-order valence-electron chi connectivity index (χ2n) is 13.6. The van der Waals surface area contributed by atoms with E-state index in [1.807, 2.05) is 30.4 Å². The number of hydrogen-bond donors (Lipinski definition) is 2. The van der Waals surface area contributed by atoms with Gasteiger partial charge in [-0.1, -0.05) is 189 Å². The highest BCUT2D eigenvalue weighted by Gasteiger charge is 2.11. The number of aliphatic hydroxyl groups is 2. The molecule has 0 saturated heterocycles. The molecule has 2 N–H and O–H groups in total. The van der Waals surface area contributed by atoms with Gasteiger partial charge in [0, 0.05) is 12.8 Å². The monoisotopic (exact) mass is 713 g/mol. The molecule has 0 saturated carbocycles. The molecule has 292 valence electrons. The Morgan fingerprint density at radius 3 is 1.47 bits per heavy atom. The molecule has 6 heteroatoms. The van der Waals surface area contributed by atoms with Gasteiger partial charge in [-0.3, -0.25) is 9.59 Å². The third-order valence-electron chi connectivity index (χ3n) is 8.55. The van der Waals surface area contributed by atoms with Crippen molar-refractivity contribution in [3.63, 3.8) is 0 Å². The second kappa shape index (κ2) is 40.1. The third kappa shape index (κ3) is 39.9. The largest absolute Gasteiger partial charge is 0.463 e. The van der Waals surface area contributed by atoms with Crippen LogP contribution in [-0.4, -0.2) is 47.6 Å². The maximum Gasteiger partial charge on any atom is 0.306 e. The van der Waals surface area contributed by atoms with E-state index in [0.717, 1.165) is 44.9 Å². The van der Waals surface area contributed by atoms with E-state index in [1.54, 1.807) is 6.08 Å². The molecular formula is C45H76O6. The molecule has 0 bridgehead atoms. The van der Waals surface area contributed by atoms with Crippen LogP contribution in [0.15, 0.2) is 72.9 Å². The summed E-state index contributed by atoms with van der Waals surface area (Å²) < 4.78 is 10.3. The molecule has 0 aromatic carbocycles. The van der Waals surface area contributed by atoms with Crippen molar-refractivity contribution >= 4 is 11.9 Å². The highest BCUT2D eigenvalue weighted by atomic mass is 16.6. The summed E-state index contributed by atoms with van der Waals surface area (Å²) in [6.07, 6.45) is 50.1. The Morgan fingerprint density at radius 1 is 0.510 bits per heavy atom. The number of ether oxygens (including phenoxy) is 2. The first kappa shape index (κ1) is 48.3. The molecule has 51 heavy (non-hydrogen) atoms. The fraction of sp³-hybridized carbons (Fsp3) is 0.689. The van der Waals surface area contributed by atoms with Gasteiger partial charge in [-0.25, -0.2) is 0 Å². The molecule has 0 aliphatic rings. The standard InChI is InChI=1S/C45H76O6/c1-3-5-7-8-9-10-11-12-13-14-15-18-21-24-27-30-34-38-44(48)50-40-43(47)41-51-45(49)39-35-31-28-25-22-19-16-17-20-23-26-29-33-37-42(46)36-32-6-4-2/h6,17,19-20,22,26,28-29,31-33,37,42-43,46-47H,3-5,7-16,18,21,23-25,27,30,34-36,38-41H2,1-2H3/b20-17-,22-19-,29-26+,31-28-,32-6-,37-33+/t42?,43-/m1/s1. The van der Waals surface area contributed by atoms with E-state index in [2.05, 4.69) is 50.3 Å². The van der Waals surface area contributed by atoms with Crippen LogP contribution in [0.25, 0.3) is 0 Å². The summed E-state index contributed by atoms with van der Waals surface area (Å²) in [5, 5.41) is 19.8. The molecule has 2 atom stereocenters. The van der Waals surface area contributed by atoms with Gasteiger partial charge in [0.2, 0.25) is 0 Å². The highest BCUT2D eigenvalue weighted by molar-refractivity contribution is 5.70. The number of rotatable bonds is 36. The van der Waals surface area contributed by atoms with Crippen LogP contribution in [0.3, 0.4) is 0 Å². The van der Waals surface area contributed by atoms with Crippen molar-refractivity contribution in [2.75, 3.05) is 13.2 Å². The fourth-order valence-electron chi connectivity index (χ4n) is 5.43. The minimum Gasteiger partial charge on any atom is -0.463 e.